The van der Waals surface area contributed by atoms with Crippen molar-refractivity contribution in [2.45, 2.75) is 19.4 Å². The number of imide groups is 2. The highest BCUT2D eigenvalue weighted by Gasteiger charge is 2.33. The summed E-state index contributed by atoms with van der Waals surface area (Å²) in [6, 6.07) is -1.03. The van der Waals surface area contributed by atoms with E-state index in [1.54, 1.807) is 6.92 Å². The highest BCUT2D eigenvalue weighted by molar-refractivity contribution is 6.14. The van der Waals surface area contributed by atoms with Gasteiger partial charge in [0.05, 0.1) is 12.6 Å². The molecule has 4 amide bonds. The first-order valence-corrected chi connectivity index (χ1v) is 4.21. The fourth-order valence-electron chi connectivity index (χ4n) is 1.32. The topological polar surface area (TPSA) is 75.7 Å². The van der Waals surface area contributed by atoms with E-state index >= 15 is 0 Å². The van der Waals surface area contributed by atoms with Crippen LogP contribution in [-0.2, 0) is 14.3 Å². The molecule has 6 nitrogen and oxygen atoms in total. The van der Waals surface area contributed by atoms with Gasteiger partial charge in [0, 0.05) is 7.11 Å². The van der Waals surface area contributed by atoms with Crippen LogP contribution in [0.5, 0.6) is 0 Å². The average molecular weight is 200 g/mol. The summed E-state index contributed by atoms with van der Waals surface area (Å²) >= 11 is 0. The molecule has 0 aromatic rings. The molecule has 0 bridgehead atoms. The number of hydrogen-bond acceptors (Lipinski definition) is 4. The highest BCUT2D eigenvalue weighted by Crippen LogP contribution is 2.07. The third-order valence-electron chi connectivity index (χ3n) is 1.89. The van der Waals surface area contributed by atoms with E-state index in [-0.39, 0.29) is 19.1 Å². The summed E-state index contributed by atoms with van der Waals surface area (Å²) in [6.07, 6.45) is -0.278. The first-order valence-electron chi connectivity index (χ1n) is 4.21. The molecule has 1 saturated heterocycles. The molecule has 6 heteroatoms. The Kier molecular flexibility index (Phi) is 3.19. The van der Waals surface area contributed by atoms with Crippen molar-refractivity contribution in [1.82, 2.24) is 10.2 Å². The van der Waals surface area contributed by atoms with Crippen LogP contribution < -0.4 is 5.32 Å². The molecule has 1 unspecified atom stereocenters. The molecular weight excluding hydrogens is 188 g/mol. The van der Waals surface area contributed by atoms with Crippen LogP contribution in [0.2, 0.25) is 0 Å². The Bertz CT molecular complexity index is 257. The lowest BCUT2D eigenvalue weighted by molar-refractivity contribution is -0.138. The van der Waals surface area contributed by atoms with Gasteiger partial charge in [-0.1, -0.05) is 0 Å². The summed E-state index contributed by atoms with van der Waals surface area (Å²) in [7, 11) is 1.48. The number of nitrogens with zero attached hydrogens (tertiary/aromatic N) is 1. The number of carbonyl (C=O) groups excluding carboxylic acids is 3. The maximum Gasteiger partial charge on any atom is 0.331 e. The Balaban J connectivity index is 2.71. The molecular formula is C8H12N2O4. The summed E-state index contributed by atoms with van der Waals surface area (Å²) in [5.74, 6) is -1.04. The average Bonchev–Trinajstić information content (AvgIpc) is 2.01. The number of carbonyl (C=O) groups is 3. The van der Waals surface area contributed by atoms with Crippen LogP contribution in [0.1, 0.15) is 13.3 Å². The smallest absolute Gasteiger partial charge is 0.331 e. The normalized spacial score (nSPS) is 19.6. The van der Waals surface area contributed by atoms with Crippen LogP contribution in [-0.4, -0.2) is 42.5 Å². The fourth-order valence-corrected chi connectivity index (χ4v) is 1.32. The molecule has 0 saturated carbocycles. The van der Waals surface area contributed by atoms with Crippen LogP contribution >= 0.6 is 0 Å². The Morgan fingerprint density at radius 3 is 2.64 bits per heavy atom. The minimum absolute atomic E-state index is 0.257. The van der Waals surface area contributed by atoms with Crippen LogP contribution in [0.3, 0.4) is 0 Å². The number of rotatable bonds is 3. The number of methoxy groups -OCH3 is 1. The molecule has 1 atom stereocenters. The number of ether oxygens (including phenoxy) is 1. The zero-order valence-corrected chi connectivity index (χ0v) is 8.07. The van der Waals surface area contributed by atoms with Gasteiger partial charge in [-0.25, -0.2) is 4.79 Å². The molecule has 0 aliphatic carbocycles. The molecule has 1 N–H and O–H groups in total. The van der Waals surface area contributed by atoms with Crippen molar-refractivity contribution in [2.24, 2.45) is 0 Å². The van der Waals surface area contributed by atoms with E-state index in [0.717, 1.165) is 4.90 Å². The van der Waals surface area contributed by atoms with Crippen LogP contribution in [0.4, 0.5) is 4.79 Å². The molecule has 0 aromatic carbocycles. The lowest BCUT2D eigenvalue weighted by Crippen LogP contribution is -2.56. The number of amides is 4. The second-order valence-electron chi connectivity index (χ2n) is 3.10. The predicted molar refractivity (Wildman–Crippen MR) is 46.3 cm³/mol. The molecule has 1 aliphatic rings. The van der Waals surface area contributed by atoms with Gasteiger partial charge in [-0.3, -0.25) is 19.8 Å². The van der Waals surface area contributed by atoms with E-state index in [2.05, 4.69) is 5.32 Å². The van der Waals surface area contributed by atoms with Gasteiger partial charge in [-0.15, -0.1) is 0 Å². The molecule has 78 valence electrons. The van der Waals surface area contributed by atoms with Crippen molar-refractivity contribution in [3.8, 4) is 0 Å². The summed E-state index contributed by atoms with van der Waals surface area (Å²) < 4.78 is 4.82. The SMILES string of the molecule is COCC(C)N1C(=O)CC(=O)NC1=O. The van der Waals surface area contributed by atoms with Crippen molar-refractivity contribution >= 4 is 17.8 Å². The van der Waals surface area contributed by atoms with Crippen molar-refractivity contribution in [2.75, 3.05) is 13.7 Å². The number of nitrogens with one attached hydrogen (secondary N) is 1. The fraction of sp³-hybridized carbons (Fsp3) is 0.625. The first-order chi connectivity index (χ1) is 6.56. The molecule has 1 heterocycles. The van der Waals surface area contributed by atoms with Crippen molar-refractivity contribution in [3.63, 3.8) is 0 Å². The maximum atomic E-state index is 11.3. The van der Waals surface area contributed by atoms with Gasteiger partial charge in [0.25, 0.3) is 0 Å². The Morgan fingerprint density at radius 2 is 2.14 bits per heavy atom. The summed E-state index contributed by atoms with van der Waals surface area (Å²) in [4.78, 5) is 34.4. The van der Waals surface area contributed by atoms with Gasteiger partial charge < -0.3 is 4.74 Å². The Labute approximate surface area is 81.2 Å². The van der Waals surface area contributed by atoms with E-state index in [0.29, 0.717) is 0 Å². The van der Waals surface area contributed by atoms with Gasteiger partial charge in [0.1, 0.15) is 6.42 Å². The number of urea groups is 1. The van der Waals surface area contributed by atoms with Crippen LogP contribution in [0.15, 0.2) is 0 Å². The Hall–Kier alpha value is -1.43. The lowest BCUT2D eigenvalue weighted by atomic mass is 10.2. The monoisotopic (exact) mass is 200 g/mol. The van der Waals surface area contributed by atoms with Crippen molar-refractivity contribution in [1.29, 1.82) is 0 Å². The van der Waals surface area contributed by atoms with E-state index in [1.165, 1.54) is 7.11 Å². The minimum Gasteiger partial charge on any atom is -0.383 e. The summed E-state index contributed by atoms with van der Waals surface area (Å²) in [5.41, 5.74) is 0. The molecule has 14 heavy (non-hydrogen) atoms. The van der Waals surface area contributed by atoms with Crippen molar-refractivity contribution < 1.29 is 19.1 Å². The molecule has 1 aliphatic heterocycles. The van der Waals surface area contributed by atoms with Gasteiger partial charge >= 0.3 is 6.03 Å². The molecule has 1 fully saturated rings. The lowest BCUT2D eigenvalue weighted by Gasteiger charge is -2.29. The van der Waals surface area contributed by atoms with E-state index < -0.39 is 17.8 Å². The number of hydrogen-bond donors (Lipinski definition) is 1. The van der Waals surface area contributed by atoms with Crippen LogP contribution in [0, 0.1) is 0 Å². The van der Waals surface area contributed by atoms with E-state index in [9.17, 15) is 14.4 Å². The van der Waals surface area contributed by atoms with Crippen LogP contribution in [0.25, 0.3) is 0 Å². The van der Waals surface area contributed by atoms with E-state index in [1.807, 2.05) is 0 Å². The highest BCUT2D eigenvalue weighted by atomic mass is 16.5. The van der Waals surface area contributed by atoms with Gasteiger partial charge in [-0.05, 0) is 6.92 Å². The number of barbiturate groups is 1. The first kappa shape index (κ1) is 10.6. The molecule has 0 aromatic heterocycles. The van der Waals surface area contributed by atoms with Gasteiger partial charge in [0.2, 0.25) is 11.8 Å². The zero-order chi connectivity index (χ0) is 10.7. The van der Waals surface area contributed by atoms with Gasteiger partial charge in [0.15, 0.2) is 0 Å². The van der Waals surface area contributed by atoms with Crippen molar-refractivity contribution in [3.05, 3.63) is 0 Å². The zero-order valence-electron chi connectivity index (χ0n) is 8.07. The van der Waals surface area contributed by atoms with Gasteiger partial charge in [-0.2, -0.15) is 0 Å². The minimum atomic E-state index is -0.671. The predicted octanol–water partition coefficient (Wildman–Crippen LogP) is -0.510. The van der Waals surface area contributed by atoms with E-state index in [4.69, 9.17) is 4.74 Å². The second kappa shape index (κ2) is 4.19. The molecule has 1 rings (SSSR count). The quantitative estimate of drug-likeness (QED) is 0.622. The third-order valence-corrected chi connectivity index (χ3v) is 1.89. The summed E-state index contributed by atoms with van der Waals surface area (Å²) in [5, 5.41) is 2.07. The second-order valence-corrected chi connectivity index (χ2v) is 3.10. The Morgan fingerprint density at radius 1 is 1.50 bits per heavy atom. The standard InChI is InChI=1S/C8H12N2O4/c1-5(4-14-2)10-7(12)3-6(11)9-8(10)13/h5H,3-4H2,1-2H3,(H,9,11,13). The summed E-state index contributed by atoms with van der Waals surface area (Å²) in [6.45, 7) is 1.93. The maximum absolute atomic E-state index is 11.3. The molecule has 0 radical (unpaired) electrons. The molecule has 0 spiro atoms. The largest absolute Gasteiger partial charge is 0.383 e. The third kappa shape index (κ3) is 2.08.